The predicted octanol–water partition coefficient (Wildman–Crippen LogP) is 3.81. The second-order valence-corrected chi connectivity index (χ2v) is 5.49. The van der Waals surface area contributed by atoms with Gasteiger partial charge in [-0.1, -0.05) is 42.0 Å². The standard InChI is InChI=1S/C17H20N2OS/c1-11-4-6-13(7-5-11)12(2)19-16-10-14(20-3)8-9-15(16)17(18)21/h4-10,12,19H,1-3H3,(H2,18,21). The number of ether oxygens (including phenoxy) is 1. The number of rotatable bonds is 5. The molecule has 0 aliphatic heterocycles. The lowest BCUT2D eigenvalue weighted by Crippen LogP contribution is -2.15. The molecule has 21 heavy (non-hydrogen) atoms. The Morgan fingerprint density at radius 3 is 2.43 bits per heavy atom. The molecule has 2 aromatic carbocycles. The fraction of sp³-hybridized carbons (Fsp3) is 0.235. The largest absolute Gasteiger partial charge is 0.497 e. The Balaban J connectivity index is 2.28. The molecule has 110 valence electrons. The third kappa shape index (κ3) is 3.73. The van der Waals surface area contributed by atoms with E-state index in [0.29, 0.717) is 4.99 Å². The lowest BCUT2D eigenvalue weighted by molar-refractivity contribution is 0.415. The van der Waals surface area contributed by atoms with Crippen LogP contribution in [0.3, 0.4) is 0 Å². The van der Waals surface area contributed by atoms with E-state index < -0.39 is 0 Å². The number of thiocarbonyl (C=S) groups is 1. The van der Waals surface area contributed by atoms with E-state index in [2.05, 4.69) is 43.4 Å². The highest BCUT2D eigenvalue weighted by molar-refractivity contribution is 7.80. The van der Waals surface area contributed by atoms with Gasteiger partial charge < -0.3 is 15.8 Å². The first-order valence-electron chi connectivity index (χ1n) is 6.82. The molecule has 0 fully saturated rings. The van der Waals surface area contributed by atoms with Crippen molar-refractivity contribution < 1.29 is 4.74 Å². The molecule has 0 bridgehead atoms. The summed E-state index contributed by atoms with van der Waals surface area (Å²) in [6.45, 7) is 4.18. The topological polar surface area (TPSA) is 47.3 Å². The number of benzene rings is 2. The van der Waals surface area contributed by atoms with Crippen molar-refractivity contribution in [2.45, 2.75) is 19.9 Å². The van der Waals surface area contributed by atoms with Gasteiger partial charge in [0.05, 0.1) is 7.11 Å². The van der Waals surface area contributed by atoms with E-state index in [1.807, 2.05) is 18.2 Å². The van der Waals surface area contributed by atoms with Crippen LogP contribution in [0.5, 0.6) is 5.75 Å². The zero-order valence-electron chi connectivity index (χ0n) is 12.5. The molecule has 2 rings (SSSR count). The van der Waals surface area contributed by atoms with Gasteiger partial charge in [0.2, 0.25) is 0 Å². The fourth-order valence-corrected chi connectivity index (χ4v) is 2.33. The van der Waals surface area contributed by atoms with Crippen LogP contribution >= 0.6 is 12.2 Å². The summed E-state index contributed by atoms with van der Waals surface area (Å²) in [7, 11) is 1.64. The Bertz CT molecular complexity index is 638. The number of hydrogen-bond acceptors (Lipinski definition) is 3. The maximum atomic E-state index is 5.79. The van der Waals surface area contributed by atoms with Crippen molar-refractivity contribution in [3.8, 4) is 5.75 Å². The summed E-state index contributed by atoms with van der Waals surface area (Å²) in [6, 6.07) is 14.2. The van der Waals surface area contributed by atoms with E-state index in [0.717, 1.165) is 17.0 Å². The van der Waals surface area contributed by atoms with E-state index in [1.54, 1.807) is 7.11 Å². The van der Waals surface area contributed by atoms with Gasteiger partial charge in [-0.2, -0.15) is 0 Å². The van der Waals surface area contributed by atoms with Gasteiger partial charge >= 0.3 is 0 Å². The molecule has 4 heteroatoms. The van der Waals surface area contributed by atoms with Gasteiger partial charge in [0.15, 0.2) is 0 Å². The molecule has 3 N–H and O–H groups in total. The summed E-state index contributed by atoms with van der Waals surface area (Å²) in [5, 5.41) is 3.45. The Morgan fingerprint density at radius 2 is 1.86 bits per heavy atom. The molecule has 3 nitrogen and oxygen atoms in total. The average Bonchev–Trinajstić information content (AvgIpc) is 2.47. The number of methoxy groups -OCH3 is 1. The van der Waals surface area contributed by atoms with E-state index in [1.165, 1.54) is 11.1 Å². The van der Waals surface area contributed by atoms with Crippen LogP contribution in [-0.2, 0) is 0 Å². The summed E-state index contributed by atoms with van der Waals surface area (Å²) in [5.41, 5.74) is 9.95. The maximum Gasteiger partial charge on any atom is 0.120 e. The van der Waals surface area contributed by atoms with Crippen LogP contribution in [0.4, 0.5) is 5.69 Å². The molecule has 0 aliphatic carbocycles. The smallest absolute Gasteiger partial charge is 0.120 e. The zero-order valence-corrected chi connectivity index (χ0v) is 13.3. The van der Waals surface area contributed by atoms with Crippen LogP contribution in [0, 0.1) is 6.92 Å². The molecular weight excluding hydrogens is 280 g/mol. The van der Waals surface area contributed by atoms with E-state index in [-0.39, 0.29) is 6.04 Å². The highest BCUT2D eigenvalue weighted by atomic mass is 32.1. The van der Waals surface area contributed by atoms with Gasteiger partial charge in [-0.15, -0.1) is 0 Å². The number of aryl methyl sites for hydroxylation is 1. The molecule has 0 saturated carbocycles. The van der Waals surface area contributed by atoms with E-state index in [4.69, 9.17) is 22.7 Å². The normalized spacial score (nSPS) is 11.8. The molecule has 0 saturated heterocycles. The summed E-state index contributed by atoms with van der Waals surface area (Å²) in [6.07, 6.45) is 0. The molecule has 0 spiro atoms. The first-order chi connectivity index (χ1) is 10.0. The minimum Gasteiger partial charge on any atom is -0.497 e. The molecular formula is C17H20N2OS. The highest BCUT2D eigenvalue weighted by Crippen LogP contribution is 2.27. The Morgan fingerprint density at radius 1 is 1.19 bits per heavy atom. The van der Waals surface area contributed by atoms with Crippen molar-refractivity contribution >= 4 is 22.9 Å². The van der Waals surface area contributed by atoms with Crippen molar-refractivity contribution in [3.05, 3.63) is 59.2 Å². The van der Waals surface area contributed by atoms with Crippen molar-refractivity contribution in [3.63, 3.8) is 0 Å². The Hall–Kier alpha value is -2.07. The van der Waals surface area contributed by atoms with Gasteiger partial charge in [0.1, 0.15) is 10.7 Å². The fourth-order valence-electron chi connectivity index (χ4n) is 2.16. The minimum absolute atomic E-state index is 0.144. The van der Waals surface area contributed by atoms with Crippen LogP contribution in [0.15, 0.2) is 42.5 Å². The molecule has 1 unspecified atom stereocenters. The Labute approximate surface area is 131 Å². The first kappa shape index (κ1) is 15.3. The Kier molecular flexibility index (Phi) is 4.81. The van der Waals surface area contributed by atoms with Crippen molar-refractivity contribution in [1.29, 1.82) is 0 Å². The predicted molar refractivity (Wildman–Crippen MR) is 92.1 cm³/mol. The maximum absolute atomic E-state index is 5.79. The van der Waals surface area contributed by atoms with Crippen LogP contribution < -0.4 is 15.8 Å². The lowest BCUT2D eigenvalue weighted by atomic mass is 10.1. The van der Waals surface area contributed by atoms with Crippen LogP contribution in [0.2, 0.25) is 0 Å². The van der Waals surface area contributed by atoms with Gasteiger partial charge in [-0.05, 0) is 31.5 Å². The molecule has 0 amide bonds. The second-order valence-electron chi connectivity index (χ2n) is 5.05. The molecule has 0 aliphatic rings. The third-order valence-electron chi connectivity index (χ3n) is 3.44. The van der Waals surface area contributed by atoms with Crippen molar-refractivity contribution in [2.24, 2.45) is 5.73 Å². The van der Waals surface area contributed by atoms with Gasteiger partial charge in [-0.3, -0.25) is 0 Å². The van der Waals surface area contributed by atoms with E-state index in [9.17, 15) is 0 Å². The number of nitrogens with one attached hydrogen (secondary N) is 1. The lowest BCUT2D eigenvalue weighted by Gasteiger charge is -2.19. The number of anilines is 1. The SMILES string of the molecule is COc1ccc(C(N)=S)c(NC(C)c2ccc(C)cc2)c1. The second kappa shape index (κ2) is 6.59. The molecule has 2 aromatic rings. The van der Waals surface area contributed by atoms with Crippen molar-refractivity contribution in [1.82, 2.24) is 0 Å². The monoisotopic (exact) mass is 300 g/mol. The summed E-state index contributed by atoms with van der Waals surface area (Å²) >= 11 is 5.11. The third-order valence-corrected chi connectivity index (χ3v) is 3.66. The minimum atomic E-state index is 0.144. The van der Waals surface area contributed by atoms with E-state index >= 15 is 0 Å². The highest BCUT2D eigenvalue weighted by Gasteiger charge is 2.11. The first-order valence-corrected chi connectivity index (χ1v) is 7.23. The summed E-state index contributed by atoms with van der Waals surface area (Å²) < 4.78 is 5.27. The quantitative estimate of drug-likeness (QED) is 0.824. The average molecular weight is 300 g/mol. The number of hydrogen-bond donors (Lipinski definition) is 2. The molecule has 0 radical (unpaired) electrons. The molecule has 1 atom stereocenters. The zero-order chi connectivity index (χ0) is 15.4. The molecule has 0 aromatic heterocycles. The van der Waals surface area contributed by atoms with Gasteiger partial charge in [0, 0.05) is 23.4 Å². The summed E-state index contributed by atoms with van der Waals surface area (Å²) in [5.74, 6) is 0.772. The van der Waals surface area contributed by atoms with Gasteiger partial charge in [0.25, 0.3) is 0 Å². The number of nitrogens with two attached hydrogens (primary N) is 1. The molecule has 0 heterocycles. The summed E-state index contributed by atoms with van der Waals surface area (Å²) in [4.78, 5) is 0.372. The van der Waals surface area contributed by atoms with Crippen LogP contribution in [0.25, 0.3) is 0 Å². The van der Waals surface area contributed by atoms with Gasteiger partial charge in [-0.25, -0.2) is 0 Å². The van der Waals surface area contributed by atoms with Crippen LogP contribution in [-0.4, -0.2) is 12.1 Å². The van der Waals surface area contributed by atoms with Crippen molar-refractivity contribution in [2.75, 3.05) is 12.4 Å². The van der Waals surface area contributed by atoms with Crippen LogP contribution in [0.1, 0.15) is 29.7 Å².